The largest absolute Gasteiger partial charge is 0.460 e. The average molecular weight is 401 g/mol. The Hall–Kier alpha value is -3.88. The quantitative estimate of drug-likeness (QED) is 0.517. The van der Waals surface area contributed by atoms with Crippen LogP contribution in [-0.2, 0) is 0 Å². The lowest BCUT2D eigenvalue weighted by molar-refractivity contribution is 0.0580. The van der Waals surface area contributed by atoms with Gasteiger partial charge in [-0.15, -0.1) is 0 Å². The molecule has 5 rings (SSSR count). The predicted molar refractivity (Wildman–Crippen MR) is 108 cm³/mol. The molecule has 1 saturated heterocycles. The standard InChI is InChI=1S/C21H19N7O2/c29-20(18-14-26-28-9-1-6-23-19(18)28)27-10-4-17(5-11-27)30-21-24-12-16(13-25-21)15-2-7-22-8-3-15/h1-3,6-9,12-14,17H,4-5,10-11H2. The van der Waals surface area contributed by atoms with Crippen molar-refractivity contribution in [2.75, 3.05) is 13.1 Å². The Balaban J connectivity index is 1.19. The predicted octanol–water partition coefficient (Wildman–Crippen LogP) is 2.26. The van der Waals surface area contributed by atoms with Crippen molar-refractivity contribution >= 4 is 11.6 Å². The number of ether oxygens (including phenoxy) is 1. The van der Waals surface area contributed by atoms with Crippen LogP contribution >= 0.6 is 0 Å². The number of aromatic nitrogens is 6. The zero-order valence-corrected chi connectivity index (χ0v) is 16.1. The van der Waals surface area contributed by atoms with Crippen LogP contribution in [0.15, 0.2) is 61.6 Å². The SMILES string of the molecule is O=C(c1cnn2cccnc12)N1CCC(Oc2ncc(-c3ccncc3)cn2)CC1. The van der Waals surface area contributed by atoms with E-state index in [1.54, 1.807) is 54.0 Å². The second kappa shape index (κ2) is 7.86. The van der Waals surface area contributed by atoms with Crippen molar-refractivity contribution < 1.29 is 9.53 Å². The minimum Gasteiger partial charge on any atom is -0.460 e. The maximum absolute atomic E-state index is 12.9. The van der Waals surface area contributed by atoms with Gasteiger partial charge in [0, 0.05) is 68.7 Å². The summed E-state index contributed by atoms with van der Waals surface area (Å²) in [5.41, 5.74) is 3.01. The van der Waals surface area contributed by atoms with E-state index in [4.69, 9.17) is 4.74 Å². The molecule has 1 aliphatic heterocycles. The summed E-state index contributed by atoms with van der Waals surface area (Å²) in [7, 11) is 0. The second-order valence-electron chi connectivity index (χ2n) is 7.05. The van der Waals surface area contributed by atoms with Crippen LogP contribution in [0.5, 0.6) is 6.01 Å². The van der Waals surface area contributed by atoms with Gasteiger partial charge in [-0.05, 0) is 23.8 Å². The van der Waals surface area contributed by atoms with Crippen molar-refractivity contribution in [3.05, 3.63) is 67.1 Å². The van der Waals surface area contributed by atoms with E-state index in [2.05, 4.69) is 25.0 Å². The first kappa shape index (κ1) is 18.2. The summed E-state index contributed by atoms with van der Waals surface area (Å²) in [6.45, 7) is 1.20. The summed E-state index contributed by atoms with van der Waals surface area (Å²) >= 11 is 0. The van der Waals surface area contributed by atoms with Gasteiger partial charge in [-0.3, -0.25) is 9.78 Å². The maximum atomic E-state index is 12.9. The second-order valence-corrected chi connectivity index (χ2v) is 7.05. The molecular weight excluding hydrogens is 382 g/mol. The smallest absolute Gasteiger partial charge is 0.316 e. The van der Waals surface area contributed by atoms with Crippen molar-refractivity contribution in [1.29, 1.82) is 0 Å². The molecule has 1 aliphatic rings. The van der Waals surface area contributed by atoms with Gasteiger partial charge in [0.1, 0.15) is 11.7 Å². The molecule has 0 aliphatic carbocycles. The molecule has 5 heterocycles. The Labute approximate surface area is 172 Å². The molecule has 0 bridgehead atoms. The van der Waals surface area contributed by atoms with E-state index >= 15 is 0 Å². The highest BCUT2D eigenvalue weighted by molar-refractivity contribution is 5.99. The maximum Gasteiger partial charge on any atom is 0.316 e. The number of rotatable bonds is 4. The minimum absolute atomic E-state index is 0.0251. The number of carbonyl (C=O) groups is 1. The van der Waals surface area contributed by atoms with E-state index in [9.17, 15) is 4.79 Å². The van der Waals surface area contributed by atoms with E-state index < -0.39 is 0 Å². The third kappa shape index (κ3) is 3.57. The molecule has 9 nitrogen and oxygen atoms in total. The number of amides is 1. The lowest BCUT2D eigenvalue weighted by atomic mass is 10.1. The molecule has 0 atom stereocenters. The normalized spacial score (nSPS) is 14.7. The summed E-state index contributed by atoms with van der Waals surface area (Å²) in [5.74, 6) is -0.0555. The van der Waals surface area contributed by atoms with Crippen LogP contribution in [0.2, 0.25) is 0 Å². The van der Waals surface area contributed by atoms with E-state index in [0.29, 0.717) is 43.2 Å². The van der Waals surface area contributed by atoms with Crippen molar-refractivity contribution in [3.63, 3.8) is 0 Å². The van der Waals surface area contributed by atoms with Crippen LogP contribution in [0.1, 0.15) is 23.2 Å². The zero-order chi connectivity index (χ0) is 20.3. The Morgan fingerprint density at radius 2 is 1.73 bits per heavy atom. The van der Waals surface area contributed by atoms with Gasteiger partial charge >= 0.3 is 6.01 Å². The topological polar surface area (TPSA) is 98.4 Å². The zero-order valence-electron chi connectivity index (χ0n) is 16.1. The van der Waals surface area contributed by atoms with Crippen LogP contribution in [0, 0.1) is 0 Å². The molecule has 9 heteroatoms. The molecule has 0 unspecified atom stereocenters. The van der Waals surface area contributed by atoms with Crippen LogP contribution in [0.3, 0.4) is 0 Å². The first-order valence-electron chi connectivity index (χ1n) is 9.75. The summed E-state index contributed by atoms with van der Waals surface area (Å²) in [6, 6.07) is 5.95. The third-order valence-corrected chi connectivity index (χ3v) is 5.15. The fourth-order valence-corrected chi connectivity index (χ4v) is 3.54. The Kier molecular flexibility index (Phi) is 4.76. The van der Waals surface area contributed by atoms with Gasteiger partial charge < -0.3 is 9.64 Å². The highest BCUT2D eigenvalue weighted by atomic mass is 16.5. The van der Waals surface area contributed by atoms with E-state index in [1.807, 2.05) is 17.0 Å². The number of likely N-dealkylation sites (tertiary alicyclic amines) is 1. The number of nitrogens with zero attached hydrogens (tertiary/aromatic N) is 7. The van der Waals surface area contributed by atoms with E-state index in [1.165, 1.54) is 0 Å². The summed E-state index contributed by atoms with van der Waals surface area (Å²) in [6.07, 6.45) is 13.4. The number of hydrogen-bond acceptors (Lipinski definition) is 7. The molecule has 0 saturated carbocycles. The van der Waals surface area contributed by atoms with Crippen molar-refractivity contribution in [2.45, 2.75) is 18.9 Å². The molecule has 1 amide bonds. The van der Waals surface area contributed by atoms with Gasteiger partial charge in [0.2, 0.25) is 0 Å². The van der Waals surface area contributed by atoms with Crippen LogP contribution in [-0.4, -0.2) is 59.6 Å². The van der Waals surface area contributed by atoms with Gasteiger partial charge in [-0.1, -0.05) is 0 Å². The van der Waals surface area contributed by atoms with Gasteiger partial charge in [-0.25, -0.2) is 19.5 Å². The average Bonchev–Trinajstić information content (AvgIpc) is 3.24. The Morgan fingerprint density at radius 1 is 0.967 bits per heavy atom. The monoisotopic (exact) mass is 401 g/mol. The van der Waals surface area contributed by atoms with E-state index in [0.717, 1.165) is 11.1 Å². The molecule has 0 aromatic carbocycles. The summed E-state index contributed by atoms with van der Waals surface area (Å²) in [4.78, 5) is 31.6. The third-order valence-electron chi connectivity index (χ3n) is 5.15. The Bertz CT molecular complexity index is 1150. The van der Waals surface area contributed by atoms with Crippen molar-refractivity contribution in [2.24, 2.45) is 0 Å². The first-order chi connectivity index (χ1) is 14.8. The molecular formula is C21H19N7O2. The van der Waals surface area contributed by atoms with Crippen molar-refractivity contribution in [3.8, 4) is 17.1 Å². The fourth-order valence-electron chi connectivity index (χ4n) is 3.54. The Morgan fingerprint density at radius 3 is 2.50 bits per heavy atom. The molecule has 4 aromatic rings. The lowest BCUT2D eigenvalue weighted by Gasteiger charge is -2.31. The number of carbonyl (C=O) groups excluding carboxylic acids is 1. The number of hydrogen-bond donors (Lipinski definition) is 0. The van der Waals surface area contributed by atoms with Crippen LogP contribution in [0.4, 0.5) is 0 Å². The number of pyridine rings is 1. The number of piperidine rings is 1. The summed E-state index contributed by atoms with van der Waals surface area (Å²) < 4.78 is 7.54. The first-order valence-corrected chi connectivity index (χ1v) is 9.75. The molecule has 150 valence electrons. The fraction of sp³-hybridized carbons (Fsp3) is 0.238. The number of fused-ring (bicyclic) bond motifs is 1. The van der Waals surface area contributed by atoms with Crippen LogP contribution in [0.25, 0.3) is 16.8 Å². The van der Waals surface area contributed by atoms with Crippen LogP contribution < -0.4 is 4.74 Å². The highest BCUT2D eigenvalue weighted by Crippen LogP contribution is 2.21. The summed E-state index contributed by atoms with van der Waals surface area (Å²) in [5, 5.41) is 4.20. The molecule has 0 spiro atoms. The molecule has 0 radical (unpaired) electrons. The van der Waals surface area contributed by atoms with Gasteiger partial charge in [0.25, 0.3) is 5.91 Å². The van der Waals surface area contributed by atoms with E-state index in [-0.39, 0.29) is 12.0 Å². The molecule has 30 heavy (non-hydrogen) atoms. The molecule has 0 N–H and O–H groups in total. The van der Waals surface area contributed by atoms with Gasteiger partial charge in [-0.2, -0.15) is 5.10 Å². The molecule has 4 aromatic heterocycles. The van der Waals surface area contributed by atoms with Gasteiger partial charge in [0.05, 0.1) is 6.20 Å². The highest BCUT2D eigenvalue weighted by Gasteiger charge is 2.27. The van der Waals surface area contributed by atoms with Gasteiger partial charge in [0.15, 0.2) is 5.65 Å². The lowest BCUT2D eigenvalue weighted by Crippen LogP contribution is -2.42. The minimum atomic E-state index is -0.0555. The molecule has 1 fully saturated rings. The van der Waals surface area contributed by atoms with Crippen molar-refractivity contribution in [1.82, 2.24) is 34.4 Å².